The number of hydrogen-bond donors (Lipinski definition) is 1. The summed E-state index contributed by atoms with van der Waals surface area (Å²) in [5.41, 5.74) is 1.80. The molecule has 0 radical (unpaired) electrons. The van der Waals surface area contributed by atoms with Crippen molar-refractivity contribution >= 4 is 11.8 Å². The maximum atomic E-state index is 12.2. The van der Waals surface area contributed by atoms with Crippen molar-refractivity contribution in [3.8, 4) is 0 Å². The van der Waals surface area contributed by atoms with Gasteiger partial charge in [0, 0.05) is 6.42 Å². The molecular formula is C17H15NO3. The molecule has 1 N–H and O–H groups in total. The molecule has 2 aromatic rings. The number of nitrogens with zero attached hydrogens (tertiary/aromatic N) is 1. The number of benzene rings is 2. The van der Waals surface area contributed by atoms with Gasteiger partial charge < -0.3 is 5.11 Å². The zero-order valence-corrected chi connectivity index (χ0v) is 11.4. The van der Waals surface area contributed by atoms with Crippen LogP contribution in [-0.4, -0.2) is 34.5 Å². The minimum atomic E-state index is -0.769. The number of imide groups is 1. The molecule has 0 aliphatic carbocycles. The van der Waals surface area contributed by atoms with Crippen molar-refractivity contribution in [3.05, 3.63) is 71.3 Å². The number of rotatable bonds is 4. The standard InChI is InChI=1S/C17H15NO3/c19-13(10-12-6-2-1-3-7-12)11-18-16(20)14-8-4-5-9-15(14)17(18)21/h1-9,13,19H,10-11H2. The average molecular weight is 281 g/mol. The summed E-state index contributed by atoms with van der Waals surface area (Å²) >= 11 is 0. The Balaban J connectivity index is 1.72. The van der Waals surface area contributed by atoms with E-state index in [1.54, 1.807) is 24.3 Å². The molecule has 0 fully saturated rings. The van der Waals surface area contributed by atoms with E-state index in [-0.39, 0.29) is 18.4 Å². The molecule has 3 rings (SSSR count). The third-order valence-electron chi connectivity index (χ3n) is 3.59. The van der Waals surface area contributed by atoms with Crippen LogP contribution in [0.2, 0.25) is 0 Å². The van der Waals surface area contributed by atoms with E-state index in [1.807, 2.05) is 30.3 Å². The highest BCUT2D eigenvalue weighted by Crippen LogP contribution is 2.22. The van der Waals surface area contributed by atoms with Crippen LogP contribution >= 0.6 is 0 Å². The topological polar surface area (TPSA) is 57.6 Å². The second kappa shape index (κ2) is 5.50. The fourth-order valence-corrected chi connectivity index (χ4v) is 2.57. The third kappa shape index (κ3) is 2.58. The van der Waals surface area contributed by atoms with Gasteiger partial charge in [0.25, 0.3) is 11.8 Å². The predicted molar refractivity (Wildman–Crippen MR) is 78.0 cm³/mol. The molecule has 4 heteroatoms. The Morgan fingerprint density at radius 1 is 0.857 bits per heavy atom. The summed E-state index contributed by atoms with van der Waals surface area (Å²) in [4.78, 5) is 25.5. The van der Waals surface area contributed by atoms with Gasteiger partial charge in [0.05, 0.1) is 23.8 Å². The van der Waals surface area contributed by atoms with Gasteiger partial charge in [-0.3, -0.25) is 14.5 Å². The molecule has 0 saturated heterocycles. The van der Waals surface area contributed by atoms with E-state index in [2.05, 4.69) is 0 Å². The molecule has 1 heterocycles. The van der Waals surface area contributed by atoms with Crippen molar-refractivity contribution < 1.29 is 14.7 Å². The number of carbonyl (C=O) groups excluding carboxylic acids is 2. The van der Waals surface area contributed by atoms with Gasteiger partial charge in [-0.1, -0.05) is 42.5 Å². The molecule has 0 bridgehead atoms. The van der Waals surface area contributed by atoms with Gasteiger partial charge in [-0.15, -0.1) is 0 Å². The summed E-state index contributed by atoms with van der Waals surface area (Å²) < 4.78 is 0. The second-order valence-electron chi connectivity index (χ2n) is 5.11. The molecule has 1 aliphatic rings. The highest BCUT2D eigenvalue weighted by Gasteiger charge is 2.35. The molecule has 1 aliphatic heterocycles. The number of aliphatic hydroxyl groups excluding tert-OH is 1. The quantitative estimate of drug-likeness (QED) is 0.871. The van der Waals surface area contributed by atoms with Gasteiger partial charge in [-0.05, 0) is 17.7 Å². The smallest absolute Gasteiger partial charge is 0.261 e. The van der Waals surface area contributed by atoms with E-state index < -0.39 is 6.10 Å². The number of carbonyl (C=O) groups is 2. The monoisotopic (exact) mass is 281 g/mol. The number of aliphatic hydroxyl groups is 1. The van der Waals surface area contributed by atoms with Crippen molar-refractivity contribution in [1.82, 2.24) is 4.90 Å². The second-order valence-corrected chi connectivity index (χ2v) is 5.11. The molecule has 1 atom stereocenters. The van der Waals surface area contributed by atoms with Gasteiger partial charge in [0.15, 0.2) is 0 Å². The Morgan fingerprint density at radius 2 is 1.38 bits per heavy atom. The van der Waals surface area contributed by atoms with Gasteiger partial charge in [-0.25, -0.2) is 0 Å². The Morgan fingerprint density at radius 3 is 1.95 bits per heavy atom. The first-order chi connectivity index (χ1) is 10.2. The summed E-state index contributed by atoms with van der Waals surface area (Å²) in [6, 6.07) is 16.2. The van der Waals surface area contributed by atoms with Crippen molar-refractivity contribution in [2.24, 2.45) is 0 Å². The van der Waals surface area contributed by atoms with Crippen LogP contribution in [0, 0.1) is 0 Å². The minimum Gasteiger partial charge on any atom is -0.391 e. The predicted octanol–water partition coefficient (Wildman–Crippen LogP) is 1.89. The van der Waals surface area contributed by atoms with Crippen molar-refractivity contribution in [2.75, 3.05) is 6.54 Å². The number of amides is 2. The van der Waals surface area contributed by atoms with Gasteiger partial charge in [0.1, 0.15) is 0 Å². The first-order valence-corrected chi connectivity index (χ1v) is 6.84. The van der Waals surface area contributed by atoms with Crippen LogP contribution in [-0.2, 0) is 6.42 Å². The molecule has 0 aromatic heterocycles. The first kappa shape index (κ1) is 13.5. The summed E-state index contributed by atoms with van der Waals surface area (Å²) in [5.74, 6) is -0.662. The summed E-state index contributed by atoms with van der Waals surface area (Å²) in [6.07, 6.45) is -0.358. The van der Waals surface area contributed by atoms with Crippen LogP contribution < -0.4 is 0 Å². The zero-order valence-electron chi connectivity index (χ0n) is 11.4. The lowest BCUT2D eigenvalue weighted by atomic mass is 10.1. The highest BCUT2D eigenvalue weighted by atomic mass is 16.3. The molecular weight excluding hydrogens is 266 g/mol. The Hall–Kier alpha value is -2.46. The van der Waals surface area contributed by atoms with Crippen molar-refractivity contribution in [3.63, 3.8) is 0 Å². The highest BCUT2D eigenvalue weighted by molar-refractivity contribution is 6.21. The first-order valence-electron chi connectivity index (χ1n) is 6.84. The Labute approximate surface area is 122 Å². The van der Waals surface area contributed by atoms with E-state index >= 15 is 0 Å². The lowest BCUT2D eigenvalue weighted by molar-refractivity contribution is 0.0544. The zero-order chi connectivity index (χ0) is 14.8. The molecule has 1 unspecified atom stereocenters. The van der Waals surface area contributed by atoms with E-state index in [0.717, 1.165) is 10.5 Å². The average Bonchev–Trinajstić information content (AvgIpc) is 2.74. The maximum Gasteiger partial charge on any atom is 0.261 e. The molecule has 2 amide bonds. The van der Waals surface area contributed by atoms with Crippen molar-refractivity contribution in [1.29, 1.82) is 0 Å². The van der Waals surface area contributed by atoms with Crippen LogP contribution in [0.5, 0.6) is 0 Å². The molecule has 4 nitrogen and oxygen atoms in total. The van der Waals surface area contributed by atoms with Gasteiger partial charge >= 0.3 is 0 Å². The van der Waals surface area contributed by atoms with E-state index in [4.69, 9.17) is 0 Å². The van der Waals surface area contributed by atoms with Crippen LogP contribution in [0.3, 0.4) is 0 Å². The summed E-state index contributed by atoms with van der Waals surface area (Å²) in [5, 5.41) is 10.1. The van der Waals surface area contributed by atoms with Crippen LogP contribution in [0.4, 0.5) is 0 Å². The van der Waals surface area contributed by atoms with Crippen LogP contribution in [0.15, 0.2) is 54.6 Å². The van der Waals surface area contributed by atoms with Crippen LogP contribution in [0.25, 0.3) is 0 Å². The number of β-amino-alcohol motifs (C(OH)–C–C–N with tert-alkyl or cyclic N) is 1. The SMILES string of the molecule is O=C1c2ccccc2C(=O)N1CC(O)Cc1ccccc1. The largest absolute Gasteiger partial charge is 0.391 e. The Kier molecular flexibility index (Phi) is 3.54. The van der Waals surface area contributed by atoms with E-state index in [9.17, 15) is 14.7 Å². The molecule has 21 heavy (non-hydrogen) atoms. The maximum absolute atomic E-state index is 12.2. The lowest BCUT2D eigenvalue weighted by Gasteiger charge is -2.18. The van der Waals surface area contributed by atoms with E-state index in [0.29, 0.717) is 17.5 Å². The fourth-order valence-electron chi connectivity index (χ4n) is 2.57. The number of hydrogen-bond acceptors (Lipinski definition) is 3. The lowest BCUT2D eigenvalue weighted by Crippen LogP contribution is -2.37. The van der Waals surface area contributed by atoms with Crippen molar-refractivity contribution in [2.45, 2.75) is 12.5 Å². The van der Waals surface area contributed by atoms with Gasteiger partial charge in [-0.2, -0.15) is 0 Å². The molecule has 2 aromatic carbocycles. The molecule has 0 spiro atoms. The fraction of sp³-hybridized carbons (Fsp3) is 0.176. The van der Waals surface area contributed by atoms with Crippen LogP contribution in [0.1, 0.15) is 26.3 Å². The molecule has 106 valence electrons. The number of fused-ring (bicyclic) bond motifs is 1. The minimum absolute atomic E-state index is 0.0151. The van der Waals surface area contributed by atoms with E-state index in [1.165, 1.54) is 0 Å². The van der Waals surface area contributed by atoms with Gasteiger partial charge in [0.2, 0.25) is 0 Å². The Bertz CT molecular complexity index is 646. The summed E-state index contributed by atoms with van der Waals surface area (Å²) in [7, 11) is 0. The third-order valence-corrected chi connectivity index (χ3v) is 3.59. The normalized spacial score (nSPS) is 15.2. The summed E-state index contributed by atoms with van der Waals surface area (Å²) in [6.45, 7) is 0.0151. The molecule has 0 saturated carbocycles.